The highest BCUT2D eigenvalue weighted by molar-refractivity contribution is 9.10. The first-order valence-corrected chi connectivity index (χ1v) is 10.2. The van der Waals surface area contributed by atoms with Gasteiger partial charge in [-0.25, -0.2) is 18.6 Å². The molecule has 1 aliphatic heterocycles. The van der Waals surface area contributed by atoms with Gasteiger partial charge in [0.1, 0.15) is 0 Å². The molecule has 1 aliphatic rings. The standard InChI is InChI=1S/C16H14BrN5O3S2/c1-21-13-7-9(17)5-6-12(13)14(15(21)23)20-22(16(18)26)10-3-2-4-11(8-10)27(19,24)25/h2-8H,1H3,(H2,18,26)(H2,19,24,25)/b20-14-. The lowest BCUT2D eigenvalue weighted by Crippen LogP contribution is -2.34. The van der Waals surface area contributed by atoms with Gasteiger partial charge in [0.05, 0.1) is 16.3 Å². The minimum atomic E-state index is -3.92. The fourth-order valence-electron chi connectivity index (χ4n) is 2.59. The molecular formula is C16H14BrN5O3S2. The maximum atomic E-state index is 12.6. The van der Waals surface area contributed by atoms with E-state index in [0.29, 0.717) is 11.3 Å². The Morgan fingerprint density at radius 1 is 1.26 bits per heavy atom. The summed E-state index contributed by atoms with van der Waals surface area (Å²) in [5, 5.41) is 10.5. The predicted octanol–water partition coefficient (Wildman–Crippen LogP) is 1.53. The number of benzene rings is 2. The first kappa shape index (κ1) is 19.4. The van der Waals surface area contributed by atoms with E-state index >= 15 is 0 Å². The number of carbonyl (C=O) groups is 1. The van der Waals surface area contributed by atoms with Gasteiger partial charge in [-0.05, 0) is 48.6 Å². The molecule has 0 saturated carbocycles. The van der Waals surface area contributed by atoms with E-state index in [0.717, 1.165) is 9.48 Å². The Balaban J connectivity index is 2.14. The van der Waals surface area contributed by atoms with Crippen molar-refractivity contribution in [2.24, 2.45) is 16.0 Å². The van der Waals surface area contributed by atoms with Gasteiger partial charge in [-0.3, -0.25) is 4.79 Å². The number of amides is 1. The number of carbonyl (C=O) groups excluding carboxylic acids is 1. The SMILES string of the molecule is CN1C(=O)/C(=N\N(C(N)=S)c2cccc(S(N)(=O)=O)c2)c2ccc(Br)cc21. The summed E-state index contributed by atoms with van der Waals surface area (Å²) in [6.45, 7) is 0. The number of hydrazone groups is 1. The van der Waals surface area contributed by atoms with Crippen molar-refractivity contribution in [3.05, 3.63) is 52.5 Å². The number of fused-ring (bicyclic) bond motifs is 1. The topological polar surface area (TPSA) is 122 Å². The van der Waals surface area contributed by atoms with Crippen LogP contribution in [0.2, 0.25) is 0 Å². The third-order valence-electron chi connectivity index (χ3n) is 3.88. The van der Waals surface area contributed by atoms with Crippen LogP contribution < -0.4 is 20.8 Å². The third-order valence-corrected chi connectivity index (χ3v) is 5.46. The van der Waals surface area contributed by atoms with Gasteiger partial charge in [-0.2, -0.15) is 5.10 Å². The molecule has 0 unspecified atom stereocenters. The quantitative estimate of drug-likeness (QED) is 0.521. The molecule has 0 saturated heterocycles. The van der Waals surface area contributed by atoms with E-state index in [1.807, 2.05) is 0 Å². The summed E-state index contributed by atoms with van der Waals surface area (Å²) in [7, 11) is -2.30. The molecule has 0 atom stereocenters. The molecule has 0 radical (unpaired) electrons. The number of thiocarbonyl (C=S) groups is 1. The van der Waals surface area contributed by atoms with Gasteiger partial charge in [0.15, 0.2) is 10.8 Å². The van der Waals surface area contributed by atoms with Crippen molar-refractivity contribution in [1.29, 1.82) is 0 Å². The molecule has 1 amide bonds. The minimum Gasteiger partial charge on any atom is -0.374 e. The van der Waals surface area contributed by atoms with Crippen molar-refractivity contribution in [2.75, 3.05) is 17.0 Å². The molecule has 1 heterocycles. The van der Waals surface area contributed by atoms with E-state index in [-0.39, 0.29) is 27.3 Å². The molecule has 3 rings (SSSR count). The van der Waals surface area contributed by atoms with Gasteiger partial charge in [-0.15, -0.1) is 0 Å². The Kier molecular flexibility index (Phi) is 5.04. The summed E-state index contributed by atoms with van der Waals surface area (Å²) in [5.74, 6) is -0.341. The maximum Gasteiger partial charge on any atom is 0.279 e. The fourth-order valence-corrected chi connectivity index (χ4v) is 3.64. The number of primary sulfonamides is 1. The van der Waals surface area contributed by atoms with Crippen molar-refractivity contribution < 1.29 is 13.2 Å². The van der Waals surface area contributed by atoms with Crippen molar-refractivity contribution in [2.45, 2.75) is 4.90 Å². The van der Waals surface area contributed by atoms with Crippen LogP contribution in [0.15, 0.2) is 56.9 Å². The molecule has 0 aliphatic carbocycles. The number of halogens is 1. The average molecular weight is 468 g/mol. The van der Waals surface area contributed by atoms with Crippen LogP contribution >= 0.6 is 28.1 Å². The molecule has 2 aromatic carbocycles. The molecule has 0 spiro atoms. The Bertz CT molecular complexity index is 1100. The molecule has 4 N–H and O–H groups in total. The zero-order valence-corrected chi connectivity index (χ0v) is 17.2. The number of nitrogens with two attached hydrogens (primary N) is 2. The Morgan fingerprint density at radius 2 is 1.96 bits per heavy atom. The van der Waals surface area contributed by atoms with Gasteiger partial charge < -0.3 is 10.6 Å². The molecular weight excluding hydrogens is 454 g/mol. The number of anilines is 2. The van der Waals surface area contributed by atoms with Crippen molar-refractivity contribution in [3.63, 3.8) is 0 Å². The zero-order valence-electron chi connectivity index (χ0n) is 14.0. The van der Waals surface area contributed by atoms with Crippen LogP contribution in [0.1, 0.15) is 5.56 Å². The number of likely N-dealkylation sites (N-methyl/N-ethyl adjacent to an activating group) is 1. The molecule has 8 nitrogen and oxygen atoms in total. The van der Waals surface area contributed by atoms with Crippen LogP contribution in [-0.2, 0) is 14.8 Å². The number of hydrogen-bond donors (Lipinski definition) is 2. The number of rotatable bonds is 3. The van der Waals surface area contributed by atoms with E-state index in [1.165, 1.54) is 23.1 Å². The second kappa shape index (κ2) is 7.00. The first-order chi connectivity index (χ1) is 12.6. The summed E-state index contributed by atoms with van der Waals surface area (Å²) >= 11 is 8.41. The van der Waals surface area contributed by atoms with Gasteiger partial charge in [0, 0.05) is 17.1 Å². The van der Waals surface area contributed by atoms with E-state index in [9.17, 15) is 13.2 Å². The predicted molar refractivity (Wildman–Crippen MR) is 111 cm³/mol. The number of sulfonamides is 1. The largest absolute Gasteiger partial charge is 0.374 e. The Morgan fingerprint density at radius 3 is 2.59 bits per heavy atom. The van der Waals surface area contributed by atoms with Gasteiger partial charge in [-0.1, -0.05) is 22.0 Å². The van der Waals surface area contributed by atoms with Crippen LogP contribution in [0.4, 0.5) is 11.4 Å². The zero-order chi connectivity index (χ0) is 19.9. The van der Waals surface area contributed by atoms with Crippen LogP contribution in [0.5, 0.6) is 0 Å². The van der Waals surface area contributed by atoms with E-state index in [2.05, 4.69) is 21.0 Å². The van der Waals surface area contributed by atoms with Gasteiger partial charge in [0.25, 0.3) is 5.91 Å². The third kappa shape index (κ3) is 3.72. The molecule has 2 aromatic rings. The molecule has 140 valence electrons. The monoisotopic (exact) mass is 467 g/mol. The Hall–Kier alpha value is -2.34. The lowest BCUT2D eigenvalue weighted by molar-refractivity contribution is -0.111. The summed E-state index contributed by atoms with van der Waals surface area (Å²) in [4.78, 5) is 14.0. The van der Waals surface area contributed by atoms with Crippen molar-refractivity contribution in [3.8, 4) is 0 Å². The van der Waals surface area contributed by atoms with E-state index in [1.54, 1.807) is 31.3 Å². The van der Waals surface area contributed by atoms with Gasteiger partial charge in [0.2, 0.25) is 10.0 Å². The molecule has 27 heavy (non-hydrogen) atoms. The van der Waals surface area contributed by atoms with Crippen LogP contribution in [-0.4, -0.2) is 32.2 Å². The van der Waals surface area contributed by atoms with Crippen LogP contribution in [0.25, 0.3) is 0 Å². The second-order valence-corrected chi connectivity index (χ2v) is 8.56. The normalized spacial score (nSPS) is 15.1. The lowest BCUT2D eigenvalue weighted by atomic mass is 10.1. The minimum absolute atomic E-state index is 0.124. The van der Waals surface area contributed by atoms with Crippen molar-refractivity contribution >= 4 is 66.3 Å². The highest BCUT2D eigenvalue weighted by Crippen LogP contribution is 2.32. The number of hydrogen-bond acceptors (Lipinski definition) is 5. The molecule has 11 heteroatoms. The highest BCUT2D eigenvalue weighted by atomic mass is 79.9. The first-order valence-electron chi connectivity index (χ1n) is 7.48. The average Bonchev–Trinajstić information content (AvgIpc) is 2.83. The lowest BCUT2D eigenvalue weighted by Gasteiger charge is -2.18. The Labute approximate surface area is 169 Å². The second-order valence-electron chi connectivity index (χ2n) is 5.67. The molecule has 0 fully saturated rings. The van der Waals surface area contributed by atoms with Crippen LogP contribution in [0, 0.1) is 0 Å². The number of nitrogens with zero attached hydrogens (tertiary/aromatic N) is 3. The molecule has 0 aromatic heterocycles. The summed E-state index contributed by atoms with van der Waals surface area (Å²) in [6, 6.07) is 11.0. The van der Waals surface area contributed by atoms with E-state index in [4.69, 9.17) is 23.1 Å². The van der Waals surface area contributed by atoms with Gasteiger partial charge >= 0.3 is 0 Å². The highest BCUT2D eigenvalue weighted by Gasteiger charge is 2.32. The summed E-state index contributed by atoms with van der Waals surface area (Å²) < 4.78 is 24.0. The molecule has 0 bridgehead atoms. The summed E-state index contributed by atoms with van der Waals surface area (Å²) in [6.07, 6.45) is 0. The maximum absolute atomic E-state index is 12.6. The van der Waals surface area contributed by atoms with E-state index < -0.39 is 10.0 Å². The van der Waals surface area contributed by atoms with Crippen LogP contribution in [0.3, 0.4) is 0 Å². The fraction of sp³-hybridized carbons (Fsp3) is 0.0625. The smallest absolute Gasteiger partial charge is 0.279 e. The van der Waals surface area contributed by atoms with Crippen molar-refractivity contribution in [1.82, 2.24) is 0 Å². The summed E-state index contributed by atoms with van der Waals surface area (Å²) in [5.41, 5.74) is 7.45.